The van der Waals surface area contributed by atoms with E-state index in [1.54, 1.807) is 18.2 Å². The van der Waals surface area contributed by atoms with Crippen LogP contribution in [0.25, 0.3) is 0 Å². The van der Waals surface area contributed by atoms with Crippen LogP contribution < -0.4 is 15.3 Å². The average molecular weight is 386 g/mol. The number of H-pyrrole nitrogens is 3. The number of carboxylic acid groups (broad SMARTS) is 3. The summed E-state index contributed by atoms with van der Waals surface area (Å²) < 4.78 is 0. The second kappa shape index (κ2) is 11.3. The number of carbonyl (C=O) groups is 3. The molecule has 0 atom stereocenters. The van der Waals surface area contributed by atoms with Crippen molar-refractivity contribution in [1.29, 1.82) is 0 Å². The summed E-state index contributed by atoms with van der Waals surface area (Å²) >= 11 is 0. The van der Waals surface area contributed by atoms with Gasteiger partial charge in [-0.25, -0.2) is 0 Å². The molecule has 0 fully saturated rings. The second-order valence-electron chi connectivity index (χ2n) is 4.11. The summed E-state index contributed by atoms with van der Waals surface area (Å²) in [5, 5.41) is 29.8. The van der Waals surface area contributed by atoms with Gasteiger partial charge in [-0.15, -0.1) is 0 Å². The van der Waals surface area contributed by atoms with E-state index in [1.165, 1.54) is 36.8 Å². The zero-order valence-corrected chi connectivity index (χ0v) is 13.6. The number of aromatic nitrogens is 3. The molecule has 0 aliphatic carbocycles. The third-order valence-electron chi connectivity index (χ3n) is 2.45. The molecule has 0 aliphatic rings. The molecule has 0 amide bonds. The molecule has 3 N–H and O–H groups in total. The molecule has 0 unspecified atom stereocenters. The van der Waals surface area contributed by atoms with Crippen LogP contribution in [-0.4, -0.2) is 32.9 Å². The standard InChI is InChI=1S/3C5H5NO2.Fe/c3*7-5(8)4-2-1-3-6-4;/h3*1-3,6H,(H,7,8);/q;;;+3/p-3. The van der Waals surface area contributed by atoms with E-state index in [-0.39, 0.29) is 34.2 Å². The van der Waals surface area contributed by atoms with E-state index in [4.69, 9.17) is 0 Å². The van der Waals surface area contributed by atoms with Gasteiger partial charge in [0.2, 0.25) is 0 Å². The van der Waals surface area contributed by atoms with Crippen molar-refractivity contribution in [3.8, 4) is 0 Å². The molecule has 0 saturated heterocycles. The third kappa shape index (κ3) is 8.26. The van der Waals surface area contributed by atoms with Gasteiger partial charge >= 0.3 is 17.1 Å². The summed E-state index contributed by atoms with van der Waals surface area (Å²) in [4.78, 5) is 37.2. The molecule has 0 saturated carbocycles. The summed E-state index contributed by atoms with van der Waals surface area (Å²) in [6.07, 6.45) is 4.60. The van der Waals surface area contributed by atoms with E-state index >= 15 is 0 Å². The summed E-state index contributed by atoms with van der Waals surface area (Å²) in [6, 6.07) is 9.13. The van der Waals surface area contributed by atoms with Crippen LogP contribution in [0.5, 0.6) is 0 Å². The molecule has 9 nitrogen and oxygen atoms in total. The number of rotatable bonds is 3. The topological polar surface area (TPSA) is 168 Å². The van der Waals surface area contributed by atoms with Crippen LogP contribution >= 0.6 is 0 Å². The van der Waals surface area contributed by atoms with Crippen LogP contribution in [0.1, 0.15) is 31.5 Å². The van der Waals surface area contributed by atoms with Gasteiger partial charge < -0.3 is 44.7 Å². The maximum absolute atomic E-state index is 9.92. The molecule has 10 heteroatoms. The van der Waals surface area contributed by atoms with Crippen molar-refractivity contribution in [3.63, 3.8) is 0 Å². The first kappa shape index (κ1) is 21.8. The Morgan fingerprint density at radius 1 is 0.600 bits per heavy atom. The molecular weight excluding hydrogens is 374 g/mol. The van der Waals surface area contributed by atoms with E-state index in [9.17, 15) is 29.7 Å². The molecule has 3 heterocycles. The normalized spacial score (nSPS) is 8.64. The maximum atomic E-state index is 9.92. The predicted octanol–water partition coefficient (Wildman–Crippen LogP) is -1.87. The first-order chi connectivity index (χ1) is 11.4. The monoisotopic (exact) mass is 386 g/mol. The van der Waals surface area contributed by atoms with Gasteiger partial charge in [0.25, 0.3) is 0 Å². The number of aromatic carboxylic acids is 3. The number of nitrogens with one attached hydrogen (secondary N) is 3. The van der Waals surface area contributed by atoms with Gasteiger partial charge in [-0.05, 0) is 36.4 Å². The molecule has 3 aromatic rings. The zero-order chi connectivity index (χ0) is 17.9. The van der Waals surface area contributed by atoms with Gasteiger partial charge in [0.15, 0.2) is 0 Å². The van der Waals surface area contributed by atoms with Gasteiger partial charge in [-0.1, -0.05) is 0 Å². The first-order valence-corrected chi connectivity index (χ1v) is 6.46. The average Bonchev–Trinajstić information content (AvgIpc) is 3.29. The minimum absolute atomic E-state index is 0. The molecule has 0 aliphatic heterocycles. The molecule has 1 radical (unpaired) electrons. The summed E-state index contributed by atoms with van der Waals surface area (Å²) in [6.45, 7) is 0. The third-order valence-corrected chi connectivity index (χ3v) is 2.45. The van der Waals surface area contributed by atoms with Crippen LogP contribution in [0.3, 0.4) is 0 Å². The van der Waals surface area contributed by atoms with Crippen LogP contribution in [0.15, 0.2) is 55.0 Å². The van der Waals surface area contributed by atoms with Crippen molar-refractivity contribution >= 4 is 17.9 Å². The Hall–Kier alpha value is -3.23. The fourth-order valence-corrected chi connectivity index (χ4v) is 1.37. The molecule has 0 spiro atoms. The maximum Gasteiger partial charge on any atom is 3.00 e. The summed E-state index contributed by atoms with van der Waals surface area (Å²) in [5.74, 6) is -3.51. The van der Waals surface area contributed by atoms with Crippen molar-refractivity contribution in [2.24, 2.45) is 0 Å². The Bertz CT molecular complexity index is 646. The molecule has 3 rings (SSSR count). The largest absolute Gasteiger partial charge is 3.00 e. The molecule has 3 aromatic heterocycles. The Morgan fingerprint density at radius 3 is 0.920 bits per heavy atom. The van der Waals surface area contributed by atoms with Crippen LogP contribution in [0, 0.1) is 0 Å². The second-order valence-corrected chi connectivity index (χ2v) is 4.11. The van der Waals surface area contributed by atoms with Gasteiger partial charge in [-0.3, -0.25) is 0 Å². The first-order valence-electron chi connectivity index (χ1n) is 6.46. The van der Waals surface area contributed by atoms with Crippen molar-refractivity contribution in [1.82, 2.24) is 15.0 Å². The quantitative estimate of drug-likeness (QED) is 0.446. The van der Waals surface area contributed by atoms with Crippen LogP contribution in [0.2, 0.25) is 0 Å². The van der Waals surface area contributed by atoms with Crippen LogP contribution in [-0.2, 0) is 17.1 Å². The van der Waals surface area contributed by atoms with Gasteiger partial charge in [0, 0.05) is 18.6 Å². The Morgan fingerprint density at radius 2 is 0.840 bits per heavy atom. The summed E-state index contributed by atoms with van der Waals surface area (Å²) in [5.41, 5.74) is 0.347. The fourth-order valence-electron chi connectivity index (χ4n) is 1.37. The van der Waals surface area contributed by atoms with Gasteiger partial charge in [0.05, 0.1) is 35.0 Å². The van der Waals surface area contributed by atoms with Crippen molar-refractivity contribution in [2.45, 2.75) is 0 Å². The Kier molecular flexibility index (Phi) is 9.86. The number of aromatic amines is 3. The number of carbonyl (C=O) groups excluding carboxylic acids is 3. The van der Waals surface area contributed by atoms with E-state index in [0.29, 0.717) is 0 Å². The minimum Gasteiger partial charge on any atom is -0.543 e. The predicted molar refractivity (Wildman–Crippen MR) is 75.4 cm³/mol. The minimum atomic E-state index is -1.17. The van der Waals surface area contributed by atoms with E-state index < -0.39 is 17.9 Å². The number of hydrogen-bond acceptors (Lipinski definition) is 6. The van der Waals surface area contributed by atoms with E-state index in [1.807, 2.05) is 0 Å². The number of hydrogen-bond donors (Lipinski definition) is 3. The van der Waals surface area contributed by atoms with E-state index in [2.05, 4.69) is 15.0 Å². The van der Waals surface area contributed by atoms with Crippen molar-refractivity contribution in [2.75, 3.05) is 0 Å². The van der Waals surface area contributed by atoms with Gasteiger partial charge in [0.1, 0.15) is 0 Å². The molecule has 131 valence electrons. The van der Waals surface area contributed by atoms with Crippen LogP contribution in [0.4, 0.5) is 0 Å². The van der Waals surface area contributed by atoms with Crippen molar-refractivity contribution < 1.29 is 46.8 Å². The Balaban J connectivity index is 0.000000339. The smallest absolute Gasteiger partial charge is 0.543 e. The molecule has 0 bridgehead atoms. The fraction of sp³-hybridized carbons (Fsp3) is 0. The summed E-state index contributed by atoms with van der Waals surface area (Å²) in [7, 11) is 0. The van der Waals surface area contributed by atoms with E-state index in [0.717, 1.165) is 0 Å². The Labute approximate surface area is 152 Å². The number of carboxylic acids is 3. The zero-order valence-electron chi connectivity index (χ0n) is 12.5. The molecular formula is C15H12FeN3O6. The molecule has 0 aromatic carbocycles. The van der Waals surface area contributed by atoms with Crippen molar-refractivity contribution in [3.05, 3.63) is 72.1 Å². The SMILES string of the molecule is O=C([O-])c1ccc[nH]1.O=C([O-])c1ccc[nH]1.O=C([O-])c1ccc[nH]1.[Fe+3]. The molecule has 25 heavy (non-hydrogen) atoms. The van der Waals surface area contributed by atoms with Gasteiger partial charge in [-0.2, -0.15) is 0 Å².